The number of alkyl halides is 9. The Balaban J connectivity index is 4.93. The summed E-state index contributed by atoms with van der Waals surface area (Å²) in [5.41, 5.74) is 0. The van der Waals surface area contributed by atoms with Gasteiger partial charge in [-0.25, -0.2) is 0 Å². The third-order valence-corrected chi connectivity index (χ3v) is 2.15. The Labute approximate surface area is 106 Å². The van der Waals surface area contributed by atoms with Crippen LogP contribution in [-0.2, 0) is 9.53 Å². The van der Waals surface area contributed by atoms with E-state index in [0.29, 0.717) is 0 Å². The van der Waals surface area contributed by atoms with Crippen molar-refractivity contribution in [3.8, 4) is 0 Å². The van der Waals surface area contributed by atoms with Crippen molar-refractivity contribution in [2.24, 2.45) is 0 Å². The van der Waals surface area contributed by atoms with E-state index in [2.05, 4.69) is 4.74 Å². The molecule has 0 aromatic rings. The van der Waals surface area contributed by atoms with Crippen molar-refractivity contribution in [2.45, 2.75) is 43.7 Å². The molecule has 0 aromatic heterocycles. The van der Waals surface area contributed by atoms with Crippen molar-refractivity contribution in [1.82, 2.24) is 0 Å². The predicted octanol–water partition coefficient (Wildman–Crippen LogP) is 3.80. The molecular weight excluding hydrogens is 311 g/mol. The van der Waals surface area contributed by atoms with Gasteiger partial charge >= 0.3 is 29.9 Å². The minimum atomic E-state index is -6.88. The van der Waals surface area contributed by atoms with E-state index >= 15 is 0 Å². The average Bonchev–Trinajstić information content (AvgIpc) is 2.22. The maximum Gasteiger partial charge on any atom is 0.460 e. The fraction of sp³-hybridized carbons (Fsp3) is 0.889. The lowest BCUT2D eigenvalue weighted by Gasteiger charge is -2.33. The van der Waals surface area contributed by atoms with E-state index in [4.69, 9.17) is 0 Å². The van der Waals surface area contributed by atoms with Crippen LogP contribution >= 0.6 is 0 Å². The second kappa shape index (κ2) is 5.68. The molecule has 0 saturated carbocycles. The predicted molar refractivity (Wildman–Crippen MR) is 46.8 cm³/mol. The van der Waals surface area contributed by atoms with Crippen molar-refractivity contribution < 1.29 is 49.0 Å². The Hall–Kier alpha value is -1.16. The molecule has 0 unspecified atom stereocenters. The molecule has 0 radical (unpaired) electrons. The zero-order valence-electron chi connectivity index (χ0n) is 9.84. The second-order valence-corrected chi connectivity index (χ2v) is 3.79. The molecule has 0 spiro atoms. The lowest BCUT2D eigenvalue weighted by Crippen LogP contribution is -2.60. The van der Waals surface area contributed by atoms with Crippen molar-refractivity contribution in [3.05, 3.63) is 0 Å². The van der Waals surface area contributed by atoms with Gasteiger partial charge in [-0.2, -0.15) is 39.5 Å². The zero-order valence-corrected chi connectivity index (χ0v) is 9.84. The highest BCUT2D eigenvalue weighted by Gasteiger charge is 2.81. The van der Waals surface area contributed by atoms with Crippen LogP contribution in [0.25, 0.3) is 0 Å². The molecule has 0 heterocycles. The Morgan fingerprint density at radius 2 is 1.35 bits per heavy atom. The first-order valence-electron chi connectivity index (χ1n) is 5.00. The van der Waals surface area contributed by atoms with Gasteiger partial charge in [0.05, 0.1) is 6.61 Å². The van der Waals surface area contributed by atoms with E-state index in [9.17, 15) is 44.3 Å². The summed E-state index contributed by atoms with van der Waals surface area (Å²) in [5, 5.41) is 0. The van der Waals surface area contributed by atoms with Gasteiger partial charge in [0.1, 0.15) is 0 Å². The number of rotatable bonds is 6. The first-order chi connectivity index (χ1) is 8.67. The molecule has 0 fully saturated rings. The van der Waals surface area contributed by atoms with Crippen molar-refractivity contribution in [3.63, 3.8) is 0 Å². The molecule has 0 bridgehead atoms. The molecule has 0 amide bonds. The maximum absolute atomic E-state index is 12.9. The lowest BCUT2D eigenvalue weighted by molar-refractivity contribution is -0.396. The van der Waals surface area contributed by atoms with E-state index in [1.165, 1.54) is 0 Å². The van der Waals surface area contributed by atoms with Gasteiger partial charge in [-0.05, 0) is 6.42 Å². The Bertz CT molecular complexity index is 348. The SMILES string of the molecule is CC(=O)OCCCC(F)(F)C(F)(F)C(F)(F)C(F)(F)F. The Morgan fingerprint density at radius 3 is 1.70 bits per heavy atom. The van der Waals surface area contributed by atoms with Crippen LogP contribution in [0.3, 0.4) is 0 Å². The third kappa shape index (κ3) is 3.69. The molecule has 0 saturated heterocycles. The van der Waals surface area contributed by atoms with Crippen LogP contribution in [0.5, 0.6) is 0 Å². The first-order valence-corrected chi connectivity index (χ1v) is 5.00. The smallest absolute Gasteiger partial charge is 0.460 e. The van der Waals surface area contributed by atoms with E-state index in [0.717, 1.165) is 6.92 Å². The highest BCUT2D eigenvalue weighted by atomic mass is 19.4. The molecular formula is C9H9F9O2. The number of ether oxygens (including phenoxy) is 1. The van der Waals surface area contributed by atoms with Crippen LogP contribution in [0.4, 0.5) is 39.5 Å². The third-order valence-electron chi connectivity index (χ3n) is 2.15. The summed E-state index contributed by atoms with van der Waals surface area (Å²) in [5.74, 6) is -20.1. The number of esters is 1. The number of carbonyl (C=O) groups excluding carboxylic acids is 1. The number of hydrogen-bond donors (Lipinski definition) is 0. The van der Waals surface area contributed by atoms with Gasteiger partial charge in [-0.15, -0.1) is 0 Å². The van der Waals surface area contributed by atoms with Gasteiger partial charge in [-0.3, -0.25) is 4.79 Å². The van der Waals surface area contributed by atoms with Crippen molar-refractivity contribution in [2.75, 3.05) is 6.61 Å². The molecule has 0 rings (SSSR count). The van der Waals surface area contributed by atoms with Crippen LogP contribution in [0.1, 0.15) is 19.8 Å². The molecule has 0 aliphatic heterocycles. The monoisotopic (exact) mass is 320 g/mol. The quantitative estimate of drug-likeness (QED) is 0.423. The molecule has 20 heavy (non-hydrogen) atoms. The molecule has 0 aliphatic carbocycles. The van der Waals surface area contributed by atoms with Gasteiger partial charge in [0.15, 0.2) is 0 Å². The molecule has 0 atom stereocenters. The van der Waals surface area contributed by atoms with E-state index in [-0.39, 0.29) is 0 Å². The summed E-state index contributed by atoms with van der Waals surface area (Å²) in [7, 11) is 0. The molecule has 2 nitrogen and oxygen atoms in total. The first kappa shape index (κ1) is 18.8. The summed E-state index contributed by atoms with van der Waals surface area (Å²) < 4.78 is 115. The van der Waals surface area contributed by atoms with Crippen LogP contribution in [-0.4, -0.2) is 36.5 Å². The number of carbonyl (C=O) groups is 1. The largest absolute Gasteiger partial charge is 0.466 e. The normalized spacial score (nSPS) is 14.3. The molecule has 0 N–H and O–H groups in total. The zero-order chi connectivity index (χ0) is 16.4. The lowest BCUT2D eigenvalue weighted by atomic mass is 10.00. The van der Waals surface area contributed by atoms with Crippen LogP contribution in [0.15, 0.2) is 0 Å². The topological polar surface area (TPSA) is 26.3 Å². The molecule has 11 heteroatoms. The number of halogens is 9. The van der Waals surface area contributed by atoms with Gasteiger partial charge in [0.25, 0.3) is 0 Å². The summed E-state index contributed by atoms with van der Waals surface area (Å²) in [6.45, 7) is 0.0587. The highest BCUT2D eigenvalue weighted by Crippen LogP contribution is 2.54. The summed E-state index contributed by atoms with van der Waals surface area (Å²) in [4.78, 5) is 10.2. The van der Waals surface area contributed by atoms with Crippen LogP contribution in [0.2, 0.25) is 0 Å². The van der Waals surface area contributed by atoms with Gasteiger partial charge in [0, 0.05) is 13.3 Å². The summed E-state index contributed by atoms with van der Waals surface area (Å²) >= 11 is 0. The van der Waals surface area contributed by atoms with Crippen molar-refractivity contribution >= 4 is 5.97 Å². The fourth-order valence-corrected chi connectivity index (χ4v) is 1.07. The fourth-order valence-electron chi connectivity index (χ4n) is 1.07. The highest BCUT2D eigenvalue weighted by molar-refractivity contribution is 5.65. The second-order valence-electron chi connectivity index (χ2n) is 3.79. The molecule has 0 aromatic carbocycles. The summed E-state index contributed by atoms with van der Waals surface area (Å²) in [6.07, 6.45) is -9.83. The minimum Gasteiger partial charge on any atom is -0.466 e. The van der Waals surface area contributed by atoms with E-state index in [1.54, 1.807) is 0 Å². The molecule has 0 aliphatic rings. The molecule has 120 valence electrons. The Morgan fingerprint density at radius 1 is 0.900 bits per heavy atom. The van der Waals surface area contributed by atoms with Crippen molar-refractivity contribution in [1.29, 1.82) is 0 Å². The van der Waals surface area contributed by atoms with Gasteiger partial charge in [-0.1, -0.05) is 0 Å². The standard InChI is InChI=1S/C9H9F9O2/c1-5(19)20-4-2-3-6(10,11)7(12,13)8(14,15)9(16,17)18/h2-4H2,1H3. The summed E-state index contributed by atoms with van der Waals surface area (Å²) in [6, 6.07) is 0. The Kier molecular flexibility index (Phi) is 5.35. The van der Waals surface area contributed by atoms with Crippen LogP contribution < -0.4 is 0 Å². The maximum atomic E-state index is 12.9. The van der Waals surface area contributed by atoms with Gasteiger partial charge in [0.2, 0.25) is 0 Å². The number of hydrogen-bond acceptors (Lipinski definition) is 2. The van der Waals surface area contributed by atoms with Crippen LogP contribution in [0, 0.1) is 0 Å². The van der Waals surface area contributed by atoms with E-state index in [1.807, 2.05) is 0 Å². The van der Waals surface area contributed by atoms with E-state index < -0.39 is 49.4 Å². The minimum absolute atomic E-state index is 0.807. The van der Waals surface area contributed by atoms with Gasteiger partial charge < -0.3 is 4.74 Å². The average molecular weight is 320 g/mol.